The van der Waals surface area contributed by atoms with Crippen LogP contribution >= 0.6 is 0 Å². The maximum Gasteiger partial charge on any atom is 0.354 e. The number of carboxylic acids is 1. The lowest BCUT2D eigenvalue weighted by Gasteiger charge is -2.07. The van der Waals surface area contributed by atoms with E-state index < -0.39 is 5.97 Å². The third-order valence-electron chi connectivity index (χ3n) is 1.60. The number of carboxylic acid groups (broad SMARTS) is 1. The van der Waals surface area contributed by atoms with E-state index in [0.717, 1.165) is 0 Å². The molecule has 0 atom stereocenters. The highest BCUT2D eigenvalue weighted by molar-refractivity contribution is 5.85. The third-order valence-corrected chi connectivity index (χ3v) is 1.60. The molecule has 5 nitrogen and oxygen atoms in total. The van der Waals surface area contributed by atoms with Gasteiger partial charge in [0.25, 0.3) is 0 Å². The Hall–Kier alpha value is -1.65. The number of hydrogen-bond acceptors (Lipinski definition) is 4. The lowest BCUT2D eigenvalue weighted by atomic mass is 10.2. The second-order valence-corrected chi connectivity index (χ2v) is 3.69. The monoisotopic (exact) mass is 210 g/mol. The van der Waals surface area contributed by atoms with Gasteiger partial charge in [-0.05, 0) is 18.9 Å². The highest BCUT2D eigenvalue weighted by atomic mass is 16.5. The van der Waals surface area contributed by atoms with Gasteiger partial charge in [0.1, 0.15) is 0 Å². The van der Waals surface area contributed by atoms with Crippen molar-refractivity contribution < 1.29 is 14.6 Å². The maximum atomic E-state index is 10.7. The van der Waals surface area contributed by atoms with Crippen LogP contribution in [0.4, 0.5) is 0 Å². The number of ether oxygens (including phenoxy) is 1. The molecular weight excluding hydrogens is 196 g/mol. The molecule has 0 unspecified atom stereocenters. The molecule has 1 aromatic rings. The van der Waals surface area contributed by atoms with E-state index in [1.165, 1.54) is 6.07 Å². The average Bonchev–Trinajstić information content (AvgIpc) is 2.13. The van der Waals surface area contributed by atoms with Gasteiger partial charge in [-0.25, -0.2) is 9.78 Å². The van der Waals surface area contributed by atoms with Crippen LogP contribution in [0.15, 0.2) is 6.07 Å². The van der Waals surface area contributed by atoms with Crippen molar-refractivity contribution in [3.05, 3.63) is 17.5 Å². The summed E-state index contributed by atoms with van der Waals surface area (Å²) in [6.45, 7) is 6.17. The van der Waals surface area contributed by atoms with E-state index in [4.69, 9.17) is 9.84 Å². The Morgan fingerprint density at radius 2 is 2.20 bits per heavy atom. The van der Waals surface area contributed by atoms with Gasteiger partial charge in [-0.3, -0.25) is 0 Å². The number of rotatable bonds is 4. The summed E-state index contributed by atoms with van der Waals surface area (Å²) in [5, 5.41) is 8.77. The lowest BCUT2D eigenvalue weighted by Crippen LogP contribution is -2.10. The summed E-state index contributed by atoms with van der Waals surface area (Å²) in [6, 6.07) is 1.53. The predicted octanol–water partition coefficient (Wildman–Crippen LogP) is 1.52. The summed E-state index contributed by atoms with van der Waals surface area (Å²) < 4.78 is 5.25. The SMILES string of the molecule is Cc1cc(C(=O)O)nc(OCC(C)C)n1. The second-order valence-electron chi connectivity index (χ2n) is 3.69. The van der Waals surface area contributed by atoms with Crippen molar-refractivity contribution in [2.45, 2.75) is 20.8 Å². The number of aromatic nitrogens is 2. The van der Waals surface area contributed by atoms with Gasteiger partial charge in [0.2, 0.25) is 0 Å². The summed E-state index contributed by atoms with van der Waals surface area (Å²) in [7, 11) is 0. The summed E-state index contributed by atoms with van der Waals surface area (Å²) in [5.74, 6) is -0.725. The zero-order valence-corrected chi connectivity index (χ0v) is 9.02. The highest BCUT2D eigenvalue weighted by Gasteiger charge is 2.09. The lowest BCUT2D eigenvalue weighted by molar-refractivity contribution is 0.0688. The molecule has 0 fully saturated rings. The van der Waals surface area contributed by atoms with E-state index in [1.54, 1.807) is 6.92 Å². The Bertz CT molecular complexity index is 364. The van der Waals surface area contributed by atoms with Crippen LogP contribution in [-0.2, 0) is 0 Å². The van der Waals surface area contributed by atoms with E-state index in [9.17, 15) is 4.79 Å². The summed E-state index contributed by atoms with van der Waals surface area (Å²) in [4.78, 5) is 18.5. The van der Waals surface area contributed by atoms with Crippen LogP contribution in [0.5, 0.6) is 6.01 Å². The number of aryl methyl sites for hydroxylation is 1. The van der Waals surface area contributed by atoms with Gasteiger partial charge < -0.3 is 9.84 Å². The van der Waals surface area contributed by atoms with Crippen LogP contribution in [-0.4, -0.2) is 27.7 Å². The van der Waals surface area contributed by atoms with Crippen LogP contribution in [0.3, 0.4) is 0 Å². The van der Waals surface area contributed by atoms with Crippen molar-refractivity contribution in [2.75, 3.05) is 6.61 Å². The molecular formula is C10H14N2O3. The molecule has 0 saturated heterocycles. The van der Waals surface area contributed by atoms with Crippen LogP contribution in [0, 0.1) is 12.8 Å². The topological polar surface area (TPSA) is 72.3 Å². The second kappa shape index (κ2) is 4.72. The number of nitrogens with zero attached hydrogens (tertiary/aromatic N) is 2. The molecule has 0 aromatic carbocycles. The van der Waals surface area contributed by atoms with Crippen LogP contribution < -0.4 is 4.74 Å². The normalized spacial score (nSPS) is 10.4. The molecule has 0 amide bonds. The molecule has 0 spiro atoms. The molecule has 0 bridgehead atoms. The predicted molar refractivity (Wildman–Crippen MR) is 54.1 cm³/mol. The van der Waals surface area contributed by atoms with Crippen molar-refractivity contribution in [3.8, 4) is 6.01 Å². The van der Waals surface area contributed by atoms with Gasteiger partial charge in [0, 0.05) is 5.69 Å². The summed E-state index contributed by atoms with van der Waals surface area (Å²) >= 11 is 0. The molecule has 15 heavy (non-hydrogen) atoms. The van der Waals surface area contributed by atoms with Gasteiger partial charge in [0.15, 0.2) is 5.69 Å². The van der Waals surface area contributed by atoms with Crippen LogP contribution in [0.25, 0.3) is 0 Å². The first-order chi connectivity index (χ1) is 6.99. The number of carbonyl (C=O) groups is 1. The van der Waals surface area contributed by atoms with E-state index in [-0.39, 0.29) is 11.7 Å². The standard InChI is InChI=1S/C10H14N2O3/c1-6(2)5-15-10-11-7(3)4-8(12-10)9(13)14/h4,6H,5H2,1-3H3,(H,13,14). The van der Waals surface area contributed by atoms with E-state index in [0.29, 0.717) is 18.2 Å². The zero-order valence-electron chi connectivity index (χ0n) is 9.02. The fourth-order valence-corrected chi connectivity index (χ4v) is 0.957. The maximum absolute atomic E-state index is 10.7. The number of hydrogen-bond donors (Lipinski definition) is 1. The Morgan fingerprint density at radius 3 is 2.73 bits per heavy atom. The fraction of sp³-hybridized carbons (Fsp3) is 0.500. The fourth-order valence-electron chi connectivity index (χ4n) is 0.957. The quantitative estimate of drug-likeness (QED) is 0.815. The molecule has 1 aromatic heterocycles. The summed E-state index contributed by atoms with van der Waals surface area (Å²) in [5.41, 5.74) is 0.544. The van der Waals surface area contributed by atoms with Crippen molar-refractivity contribution >= 4 is 5.97 Å². The molecule has 1 rings (SSSR count). The van der Waals surface area contributed by atoms with E-state index in [2.05, 4.69) is 9.97 Å². The summed E-state index contributed by atoms with van der Waals surface area (Å²) in [6.07, 6.45) is 0. The molecule has 0 saturated carbocycles. The molecule has 1 heterocycles. The van der Waals surface area contributed by atoms with Crippen molar-refractivity contribution in [3.63, 3.8) is 0 Å². The number of aromatic carboxylic acids is 1. The first-order valence-corrected chi connectivity index (χ1v) is 4.71. The Morgan fingerprint density at radius 1 is 1.53 bits per heavy atom. The molecule has 1 N–H and O–H groups in total. The minimum atomic E-state index is -1.07. The molecule has 82 valence electrons. The smallest absolute Gasteiger partial charge is 0.354 e. The Balaban J connectivity index is 2.84. The minimum Gasteiger partial charge on any atom is -0.477 e. The Labute approximate surface area is 88.1 Å². The minimum absolute atomic E-state index is 0.0405. The molecule has 0 aliphatic heterocycles. The molecule has 0 aliphatic carbocycles. The van der Waals surface area contributed by atoms with Gasteiger partial charge in [-0.15, -0.1) is 0 Å². The third kappa shape index (κ3) is 3.53. The van der Waals surface area contributed by atoms with Crippen molar-refractivity contribution in [2.24, 2.45) is 5.92 Å². The first kappa shape index (κ1) is 11.4. The van der Waals surface area contributed by atoms with Gasteiger partial charge in [-0.2, -0.15) is 4.98 Å². The highest BCUT2D eigenvalue weighted by Crippen LogP contribution is 2.08. The van der Waals surface area contributed by atoms with E-state index in [1.807, 2.05) is 13.8 Å². The van der Waals surface area contributed by atoms with Crippen LogP contribution in [0.2, 0.25) is 0 Å². The van der Waals surface area contributed by atoms with Crippen molar-refractivity contribution in [1.82, 2.24) is 9.97 Å². The first-order valence-electron chi connectivity index (χ1n) is 4.71. The Kier molecular flexibility index (Phi) is 3.60. The van der Waals surface area contributed by atoms with E-state index >= 15 is 0 Å². The average molecular weight is 210 g/mol. The van der Waals surface area contributed by atoms with Gasteiger partial charge in [0.05, 0.1) is 6.61 Å². The largest absolute Gasteiger partial charge is 0.477 e. The van der Waals surface area contributed by atoms with Crippen molar-refractivity contribution in [1.29, 1.82) is 0 Å². The molecule has 0 radical (unpaired) electrons. The molecule has 0 aliphatic rings. The van der Waals surface area contributed by atoms with Gasteiger partial charge >= 0.3 is 12.0 Å². The zero-order chi connectivity index (χ0) is 11.4. The van der Waals surface area contributed by atoms with Gasteiger partial charge in [-0.1, -0.05) is 13.8 Å². The van der Waals surface area contributed by atoms with Crippen LogP contribution in [0.1, 0.15) is 30.0 Å². The molecule has 5 heteroatoms.